The van der Waals surface area contributed by atoms with E-state index in [1.165, 1.54) is 0 Å². The number of alkyl halides is 3. The van der Waals surface area contributed by atoms with Gasteiger partial charge in [-0.15, -0.1) is 10.2 Å². The number of amides is 1. The second-order valence-electron chi connectivity index (χ2n) is 8.14. The molecule has 0 aliphatic carbocycles. The predicted octanol–water partition coefficient (Wildman–Crippen LogP) is 3.57. The van der Waals surface area contributed by atoms with E-state index in [-0.39, 0.29) is 19.0 Å². The quantitative estimate of drug-likeness (QED) is 0.832. The van der Waals surface area contributed by atoms with E-state index in [0.29, 0.717) is 31.5 Å². The van der Waals surface area contributed by atoms with Crippen LogP contribution >= 0.6 is 0 Å². The average Bonchev–Trinajstić information content (AvgIpc) is 3.18. The number of carbonyl (C=O) groups is 1. The second-order valence-corrected chi connectivity index (χ2v) is 8.14. The number of aromatic nitrogens is 2. The summed E-state index contributed by atoms with van der Waals surface area (Å²) in [6.45, 7) is 4.64. The second kappa shape index (κ2) is 7.44. The van der Waals surface area contributed by atoms with Crippen LogP contribution in [0.2, 0.25) is 0 Å². The van der Waals surface area contributed by atoms with Crippen LogP contribution in [-0.4, -0.2) is 51.0 Å². The number of benzene rings is 1. The molecule has 158 valence electrons. The third-order valence-electron chi connectivity index (χ3n) is 5.77. The third kappa shape index (κ3) is 4.01. The molecule has 1 amide bonds. The van der Waals surface area contributed by atoms with E-state index < -0.39 is 23.1 Å². The van der Waals surface area contributed by atoms with Gasteiger partial charge < -0.3 is 14.4 Å². The van der Waals surface area contributed by atoms with Crippen molar-refractivity contribution in [2.75, 3.05) is 13.1 Å². The highest BCUT2D eigenvalue weighted by atomic mass is 19.4. The van der Waals surface area contributed by atoms with E-state index in [1.807, 2.05) is 44.2 Å². The van der Waals surface area contributed by atoms with Crippen molar-refractivity contribution in [3.8, 4) is 11.5 Å². The van der Waals surface area contributed by atoms with Crippen molar-refractivity contribution < 1.29 is 27.5 Å². The molecule has 1 aromatic carbocycles. The summed E-state index contributed by atoms with van der Waals surface area (Å²) in [7, 11) is 0. The smallest absolute Gasteiger partial charge is 0.420 e. The monoisotopic (exact) mass is 411 g/mol. The van der Waals surface area contributed by atoms with Crippen LogP contribution in [0, 0.1) is 5.92 Å². The number of rotatable bonds is 4. The summed E-state index contributed by atoms with van der Waals surface area (Å²) in [6, 6.07) is 9.34. The molecule has 1 saturated heterocycles. The lowest BCUT2D eigenvalue weighted by molar-refractivity contribution is -0.250. The largest absolute Gasteiger partial charge is 0.426 e. The number of nitrogens with zero attached hydrogens (tertiary/aromatic N) is 3. The summed E-state index contributed by atoms with van der Waals surface area (Å²) in [6.07, 6.45) is -4.08. The number of likely N-dealkylation sites (tertiary alicyclic amines) is 1. The first-order chi connectivity index (χ1) is 13.4. The molecule has 1 aliphatic rings. The molecule has 9 heteroatoms. The van der Waals surface area contributed by atoms with Gasteiger partial charge in [0.1, 0.15) is 0 Å². The zero-order valence-electron chi connectivity index (χ0n) is 16.5. The summed E-state index contributed by atoms with van der Waals surface area (Å²) in [5.74, 6) is -0.428. The first-order valence-corrected chi connectivity index (χ1v) is 9.42. The molecule has 1 aromatic heterocycles. The lowest BCUT2D eigenvalue weighted by Gasteiger charge is -2.40. The molecule has 0 saturated carbocycles. The number of aliphatic hydroxyl groups is 1. The first-order valence-electron chi connectivity index (χ1n) is 9.42. The van der Waals surface area contributed by atoms with Gasteiger partial charge in [0.05, 0.1) is 0 Å². The SMILES string of the molecule is CC(C)(c1nnc(-c2ccccc2)o1)C1CCN(C(=O)[C@@](C)(O)C(F)(F)F)CC1. The van der Waals surface area contributed by atoms with Crippen molar-refractivity contribution in [1.29, 1.82) is 0 Å². The fraction of sp³-hybridized carbons (Fsp3) is 0.550. The van der Waals surface area contributed by atoms with Gasteiger partial charge in [0.25, 0.3) is 5.91 Å². The standard InChI is InChI=1S/C20H24F3N3O3/c1-18(2,16-25-24-15(29-16)13-7-5-4-6-8-13)14-9-11-26(12-10-14)17(27)19(3,28)20(21,22)23/h4-8,14,28H,9-12H2,1-3H3/t19-/m1/s1. The fourth-order valence-electron chi connectivity index (χ4n) is 3.59. The van der Waals surface area contributed by atoms with Crippen molar-refractivity contribution in [2.45, 2.75) is 50.8 Å². The molecule has 0 bridgehead atoms. The van der Waals surface area contributed by atoms with Crippen LogP contribution in [0.5, 0.6) is 0 Å². The highest BCUT2D eigenvalue weighted by molar-refractivity contribution is 5.85. The molecular formula is C20H24F3N3O3. The minimum Gasteiger partial charge on any atom is -0.420 e. The molecule has 3 rings (SSSR count). The Labute approximate surface area is 166 Å². The molecule has 2 aromatic rings. The molecule has 0 radical (unpaired) electrons. The Balaban J connectivity index is 1.69. The predicted molar refractivity (Wildman–Crippen MR) is 98.7 cm³/mol. The van der Waals surface area contributed by atoms with Crippen LogP contribution in [0.25, 0.3) is 11.5 Å². The summed E-state index contributed by atoms with van der Waals surface area (Å²) in [5, 5.41) is 17.9. The Morgan fingerprint density at radius 3 is 2.24 bits per heavy atom. The van der Waals surface area contributed by atoms with E-state index in [1.54, 1.807) is 0 Å². The first kappa shape index (κ1) is 21.3. The summed E-state index contributed by atoms with van der Waals surface area (Å²) in [4.78, 5) is 13.2. The Kier molecular flexibility index (Phi) is 5.46. The van der Waals surface area contributed by atoms with Gasteiger partial charge >= 0.3 is 6.18 Å². The molecule has 1 aliphatic heterocycles. The van der Waals surface area contributed by atoms with Gasteiger partial charge in [0.2, 0.25) is 17.4 Å². The van der Waals surface area contributed by atoms with Crippen LogP contribution in [0.15, 0.2) is 34.7 Å². The van der Waals surface area contributed by atoms with E-state index in [4.69, 9.17) is 4.42 Å². The Morgan fingerprint density at radius 1 is 1.10 bits per heavy atom. The normalized spacial score (nSPS) is 18.5. The number of piperidine rings is 1. The molecule has 1 N–H and O–H groups in total. The Morgan fingerprint density at radius 2 is 1.69 bits per heavy atom. The minimum atomic E-state index is -5.02. The minimum absolute atomic E-state index is 0.0338. The van der Waals surface area contributed by atoms with E-state index in [0.717, 1.165) is 10.5 Å². The van der Waals surface area contributed by atoms with Crippen molar-refractivity contribution in [3.63, 3.8) is 0 Å². The van der Waals surface area contributed by atoms with Crippen LogP contribution in [-0.2, 0) is 10.2 Å². The summed E-state index contributed by atoms with van der Waals surface area (Å²) in [5.41, 5.74) is -3.09. The molecule has 0 unspecified atom stereocenters. The van der Waals surface area contributed by atoms with Gasteiger partial charge in [-0.25, -0.2) is 0 Å². The van der Waals surface area contributed by atoms with Gasteiger partial charge in [0.15, 0.2) is 0 Å². The summed E-state index contributed by atoms with van der Waals surface area (Å²) < 4.78 is 44.7. The molecule has 29 heavy (non-hydrogen) atoms. The molecule has 2 heterocycles. The average molecular weight is 411 g/mol. The highest BCUT2D eigenvalue weighted by Crippen LogP contribution is 2.39. The molecular weight excluding hydrogens is 387 g/mol. The van der Waals surface area contributed by atoms with Crippen LogP contribution in [0.4, 0.5) is 13.2 Å². The number of hydrogen-bond donors (Lipinski definition) is 1. The lowest BCUT2D eigenvalue weighted by atomic mass is 9.73. The van der Waals surface area contributed by atoms with Crippen LogP contribution in [0.1, 0.15) is 39.5 Å². The van der Waals surface area contributed by atoms with Gasteiger partial charge in [-0.1, -0.05) is 32.0 Å². The lowest BCUT2D eigenvalue weighted by Crippen LogP contribution is -2.58. The molecule has 0 spiro atoms. The van der Waals surface area contributed by atoms with Gasteiger partial charge in [-0.05, 0) is 37.8 Å². The van der Waals surface area contributed by atoms with Crippen LogP contribution < -0.4 is 0 Å². The number of halogens is 3. The number of hydrogen-bond acceptors (Lipinski definition) is 5. The van der Waals surface area contributed by atoms with Crippen molar-refractivity contribution in [1.82, 2.24) is 15.1 Å². The molecule has 6 nitrogen and oxygen atoms in total. The molecule has 1 atom stereocenters. The van der Waals surface area contributed by atoms with Gasteiger partial charge in [0, 0.05) is 24.1 Å². The summed E-state index contributed by atoms with van der Waals surface area (Å²) >= 11 is 0. The zero-order valence-corrected chi connectivity index (χ0v) is 16.5. The molecule has 1 fully saturated rings. The van der Waals surface area contributed by atoms with Crippen molar-refractivity contribution in [3.05, 3.63) is 36.2 Å². The maximum atomic E-state index is 12.9. The Hall–Kier alpha value is -2.42. The third-order valence-corrected chi connectivity index (χ3v) is 5.77. The Bertz CT molecular complexity index is 855. The highest BCUT2D eigenvalue weighted by Gasteiger charge is 2.57. The maximum absolute atomic E-state index is 12.9. The van der Waals surface area contributed by atoms with E-state index in [2.05, 4.69) is 10.2 Å². The van der Waals surface area contributed by atoms with Gasteiger partial charge in [-0.2, -0.15) is 13.2 Å². The van der Waals surface area contributed by atoms with Crippen molar-refractivity contribution >= 4 is 5.91 Å². The van der Waals surface area contributed by atoms with E-state index in [9.17, 15) is 23.1 Å². The number of carbonyl (C=O) groups excluding carboxylic acids is 1. The zero-order chi connectivity index (χ0) is 21.4. The van der Waals surface area contributed by atoms with Crippen LogP contribution in [0.3, 0.4) is 0 Å². The van der Waals surface area contributed by atoms with E-state index >= 15 is 0 Å². The fourth-order valence-corrected chi connectivity index (χ4v) is 3.59. The van der Waals surface area contributed by atoms with Crippen molar-refractivity contribution in [2.24, 2.45) is 5.92 Å². The van der Waals surface area contributed by atoms with Gasteiger partial charge in [-0.3, -0.25) is 4.79 Å². The maximum Gasteiger partial charge on any atom is 0.426 e. The topological polar surface area (TPSA) is 79.5 Å².